The number of aliphatic carboxylic acids is 1. The summed E-state index contributed by atoms with van der Waals surface area (Å²) in [7, 11) is 1.50. The van der Waals surface area contributed by atoms with Gasteiger partial charge in [-0.3, -0.25) is 4.79 Å². The number of amides is 1. The molecule has 1 heterocycles. The highest BCUT2D eigenvalue weighted by Gasteiger charge is 2.26. The van der Waals surface area contributed by atoms with Crippen molar-refractivity contribution in [2.24, 2.45) is 0 Å². The summed E-state index contributed by atoms with van der Waals surface area (Å²) in [5.41, 5.74) is 2.15. The van der Waals surface area contributed by atoms with Crippen LogP contribution in [0.25, 0.3) is 10.9 Å². The highest BCUT2D eigenvalue weighted by molar-refractivity contribution is 6.08. The van der Waals surface area contributed by atoms with Crippen LogP contribution in [0.15, 0.2) is 24.3 Å². The van der Waals surface area contributed by atoms with Gasteiger partial charge in [-0.05, 0) is 19.9 Å². The molecule has 19 heavy (non-hydrogen) atoms. The average molecular weight is 260 g/mol. The quantitative estimate of drug-likeness (QED) is 0.886. The number of carboxylic acid groups (broad SMARTS) is 1. The first-order chi connectivity index (χ1) is 8.93. The molecule has 1 aromatic carbocycles. The van der Waals surface area contributed by atoms with Crippen molar-refractivity contribution < 1.29 is 14.7 Å². The molecule has 1 atom stereocenters. The maximum atomic E-state index is 12.4. The molecule has 0 aliphatic rings. The number of likely N-dealkylation sites (N-methyl/N-ethyl adjacent to an activating group) is 1. The van der Waals surface area contributed by atoms with Gasteiger partial charge in [0.2, 0.25) is 0 Å². The molecule has 1 aromatic heterocycles. The number of carbonyl (C=O) groups is 2. The molecule has 0 saturated heterocycles. The second-order valence-electron chi connectivity index (χ2n) is 4.60. The average Bonchev–Trinajstić information content (AvgIpc) is 2.71. The van der Waals surface area contributed by atoms with Gasteiger partial charge in [0.05, 0.1) is 5.56 Å². The molecule has 100 valence electrons. The Bertz CT molecular complexity index is 645. The van der Waals surface area contributed by atoms with Gasteiger partial charge in [0.15, 0.2) is 0 Å². The van der Waals surface area contributed by atoms with E-state index in [-0.39, 0.29) is 5.91 Å². The summed E-state index contributed by atoms with van der Waals surface area (Å²) < 4.78 is 0. The largest absolute Gasteiger partial charge is 0.480 e. The van der Waals surface area contributed by atoms with Crippen molar-refractivity contribution in [2.75, 3.05) is 7.05 Å². The SMILES string of the molecule is Cc1[nH]c2ccccc2c1C(=O)N(C)C(C)C(=O)O. The van der Waals surface area contributed by atoms with Crippen LogP contribution in [-0.4, -0.2) is 40.0 Å². The van der Waals surface area contributed by atoms with E-state index in [2.05, 4.69) is 4.98 Å². The number of carbonyl (C=O) groups excluding carboxylic acids is 1. The molecule has 1 amide bonds. The number of benzene rings is 1. The summed E-state index contributed by atoms with van der Waals surface area (Å²) in [5.74, 6) is -1.31. The molecule has 0 radical (unpaired) electrons. The predicted octanol–water partition coefficient (Wildman–Crippen LogP) is 2.02. The van der Waals surface area contributed by atoms with E-state index in [9.17, 15) is 9.59 Å². The number of carboxylic acids is 1. The Morgan fingerprint density at radius 1 is 1.32 bits per heavy atom. The van der Waals surface area contributed by atoms with Crippen LogP contribution in [0.1, 0.15) is 23.0 Å². The Balaban J connectivity index is 2.47. The third-order valence-corrected chi connectivity index (χ3v) is 3.37. The summed E-state index contributed by atoms with van der Waals surface area (Å²) in [6.07, 6.45) is 0. The highest BCUT2D eigenvalue weighted by atomic mass is 16.4. The molecule has 5 nitrogen and oxygen atoms in total. The predicted molar refractivity (Wildman–Crippen MR) is 72.2 cm³/mol. The second-order valence-corrected chi connectivity index (χ2v) is 4.60. The molecule has 2 N–H and O–H groups in total. The molecule has 0 bridgehead atoms. The van der Waals surface area contributed by atoms with Crippen LogP contribution in [-0.2, 0) is 4.79 Å². The van der Waals surface area contributed by atoms with Crippen molar-refractivity contribution in [3.05, 3.63) is 35.5 Å². The molecule has 0 aliphatic carbocycles. The molecule has 0 fully saturated rings. The van der Waals surface area contributed by atoms with Crippen LogP contribution in [0.3, 0.4) is 0 Å². The highest BCUT2D eigenvalue weighted by Crippen LogP contribution is 2.23. The Hall–Kier alpha value is -2.30. The van der Waals surface area contributed by atoms with E-state index in [1.807, 2.05) is 31.2 Å². The van der Waals surface area contributed by atoms with Gasteiger partial charge in [-0.15, -0.1) is 0 Å². The number of aromatic nitrogens is 1. The first kappa shape index (κ1) is 13.1. The third-order valence-electron chi connectivity index (χ3n) is 3.37. The smallest absolute Gasteiger partial charge is 0.326 e. The van der Waals surface area contributed by atoms with E-state index in [4.69, 9.17) is 5.11 Å². The molecule has 2 rings (SSSR count). The number of H-pyrrole nitrogens is 1. The number of para-hydroxylation sites is 1. The first-order valence-corrected chi connectivity index (χ1v) is 6.00. The number of nitrogens with zero attached hydrogens (tertiary/aromatic N) is 1. The number of hydrogen-bond donors (Lipinski definition) is 2. The first-order valence-electron chi connectivity index (χ1n) is 6.00. The Labute approximate surface area is 110 Å². The second kappa shape index (κ2) is 4.76. The molecule has 5 heteroatoms. The zero-order valence-electron chi connectivity index (χ0n) is 11.1. The Morgan fingerprint density at radius 2 is 1.95 bits per heavy atom. The van der Waals surface area contributed by atoms with Crippen LogP contribution < -0.4 is 0 Å². The van der Waals surface area contributed by atoms with Crippen molar-refractivity contribution in [1.82, 2.24) is 9.88 Å². The monoisotopic (exact) mass is 260 g/mol. The number of aryl methyl sites for hydroxylation is 1. The standard InChI is InChI=1S/C14H16N2O3/c1-8-12(10-6-4-5-7-11(10)15-8)13(17)16(3)9(2)14(18)19/h4-7,9,15H,1-3H3,(H,18,19). The van der Waals surface area contributed by atoms with Crippen LogP contribution in [0.2, 0.25) is 0 Å². The maximum absolute atomic E-state index is 12.4. The van der Waals surface area contributed by atoms with Gasteiger partial charge in [0, 0.05) is 23.6 Å². The van der Waals surface area contributed by atoms with Crippen molar-refractivity contribution in [3.8, 4) is 0 Å². The van der Waals surface area contributed by atoms with E-state index in [1.54, 1.807) is 0 Å². The minimum absolute atomic E-state index is 0.287. The van der Waals surface area contributed by atoms with Gasteiger partial charge in [0.1, 0.15) is 6.04 Å². The van der Waals surface area contributed by atoms with Crippen molar-refractivity contribution in [1.29, 1.82) is 0 Å². The molecule has 2 aromatic rings. The maximum Gasteiger partial charge on any atom is 0.326 e. The fourth-order valence-corrected chi connectivity index (χ4v) is 2.07. The lowest BCUT2D eigenvalue weighted by atomic mass is 10.1. The van der Waals surface area contributed by atoms with E-state index in [1.165, 1.54) is 18.9 Å². The van der Waals surface area contributed by atoms with Gasteiger partial charge in [-0.2, -0.15) is 0 Å². The van der Waals surface area contributed by atoms with Crippen molar-refractivity contribution >= 4 is 22.8 Å². The third kappa shape index (κ3) is 2.19. The van der Waals surface area contributed by atoms with Crippen molar-refractivity contribution in [3.63, 3.8) is 0 Å². The fraction of sp³-hybridized carbons (Fsp3) is 0.286. The van der Waals surface area contributed by atoms with Crippen molar-refractivity contribution in [2.45, 2.75) is 19.9 Å². The summed E-state index contributed by atoms with van der Waals surface area (Å²) in [4.78, 5) is 27.8. The molecule has 0 spiro atoms. The molecule has 0 aliphatic heterocycles. The molecular formula is C14H16N2O3. The van der Waals surface area contributed by atoms with E-state index in [0.717, 1.165) is 16.6 Å². The van der Waals surface area contributed by atoms with E-state index in [0.29, 0.717) is 5.56 Å². The van der Waals surface area contributed by atoms with Crippen LogP contribution in [0, 0.1) is 6.92 Å². The zero-order valence-corrected chi connectivity index (χ0v) is 11.1. The fourth-order valence-electron chi connectivity index (χ4n) is 2.07. The number of hydrogen-bond acceptors (Lipinski definition) is 2. The van der Waals surface area contributed by atoms with Crippen LogP contribution >= 0.6 is 0 Å². The minimum Gasteiger partial charge on any atom is -0.480 e. The van der Waals surface area contributed by atoms with Crippen LogP contribution in [0.4, 0.5) is 0 Å². The van der Waals surface area contributed by atoms with E-state index >= 15 is 0 Å². The molecule has 1 unspecified atom stereocenters. The lowest BCUT2D eigenvalue weighted by Crippen LogP contribution is -2.40. The lowest BCUT2D eigenvalue weighted by molar-refractivity contribution is -0.141. The van der Waals surface area contributed by atoms with Gasteiger partial charge in [-0.1, -0.05) is 18.2 Å². The Morgan fingerprint density at radius 3 is 2.58 bits per heavy atom. The van der Waals surface area contributed by atoms with Gasteiger partial charge in [0.25, 0.3) is 5.91 Å². The Kier molecular flexibility index (Phi) is 3.29. The van der Waals surface area contributed by atoms with Gasteiger partial charge in [-0.25, -0.2) is 4.79 Å². The lowest BCUT2D eigenvalue weighted by Gasteiger charge is -2.21. The van der Waals surface area contributed by atoms with Gasteiger partial charge < -0.3 is 15.0 Å². The number of aromatic amines is 1. The normalized spacial score (nSPS) is 12.4. The number of fused-ring (bicyclic) bond motifs is 1. The number of rotatable bonds is 3. The van der Waals surface area contributed by atoms with Gasteiger partial charge >= 0.3 is 5.97 Å². The summed E-state index contributed by atoms with van der Waals surface area (Å²) in [6, 6.07) is 6.62. The van der Waals surface area contributed by atoms with E-state index < -0.39 is 12.0 Å². The minimum atomic E-state index is -1.02. The zero-order chi connectivity index (χ0) is 14.2. The summed E-state index contributed by atoms with van der Waals surface area (Å²) in [5, 5.41) is 9.79. The summed E-state index contributed by atoms with van der Waals surface area (Å²) in [6.45, 7) is 3.30. The number of nitrogens with one attached hydrogen (secondary N) is 1. The molecular weight excluding hydrogens is 244 g/mol. The molecule has 0 saturated carbocycles. The van der Waals surface area contributed by atoms with Crippen LogP contribution in [0.5, 0.6) is 0 Å². The summed E-state index contributed by atoms with van der Waals surface area (Å²) >= 11 is 0. The topological polar surface area (TPSA) is 73.4 Å².